The zero-order valence-corrected chi connectivity index (χ0v) is 10.3. The molecule has 0 radical (unpaired) electrons. The molecule has 0 aromatic heterocycles. The Hall–Kier alpha value is -1.13. The SMILES string of the molecule is Cl.[2H]C([2H])([2H])N1CCc2cc3c(c(OC)c2C1)OCO3. The first-order chi connectivity index (χ1) is 9.00. The average molecular weight is 261 g/mol. The van der Waals surface area contributed by atoms with Gasteiger partial charge in [-0.15, -0.1) is 12.4 Å². The minimum absolute atomic E-state index is 0. The maximum Gasteiger partial charge on any atom is 0.231 e. The fraction of sp³-hybridized carbons (Fsp3) is 0.500. The highest BCUT2D eigenvalue weighted by atomic mass is 35.5. The summed E-state index contributed by atoms with van der Waals surface area (Å²) in [5.41, 5.74) is 1.95. The van der Waals surface area contributed by atoms with Crippen LogP contribution in [0.1, 0.15) is 15.2 Å². The lowest BCUT2D eigenvalue weighted by atomic mass is 9.98. The van der Waals surface area contributed by atoms with Gasteiger partial charge in [0.1, 0.15) is 0 Å². The van der Waals surface area contributed by atoms with Gasteiger partial charge in [0.15, 0.2) is 11.5 Å². The van der Waals surface area contributed by atoms with E-state index < -0.39 is 6.98 Å². The zero-order valence-electron chi connectivity index (χ0n) is 12.5. The molecule has 0 spiro atoms. The Labute approximate surface area is 111 Å². The maximum atomic E-state index is 7.51. The van der Waals surface area contributed by atoms with E-state index in [2.05, 4.69) is 0 Å². The highest BCUT2D eigenvalue weighted by molar-refractivity contribution is 5.85. The summed E-state index contributed by atoms with van der Waals surface area (Å²) in [6.07, 6.45) is 0.667. The summed E-state index contributed by atoms with van der Waals surface area (Å²) in [5.74, 6) is 1.85. The van der Waals surface area contributed by atoms with Crippen LogP contribution in [0.15, 0.2) is 6.07 Å². The van der Waals surface area contributed by atoms with Crippen molar-refractivity contribution < 1.29 is 18.3 Å². The fourth-order valence-electron chi connectivity index (χ4n) is 2.24. The molecule has 3 rings (SSSR count). The summed E-state index contributed by atoms with van der Waals surface area (Å²) in [4.78, 5) is 1.47. The van der Waals surface area contributed by atoms with Gasteiger partial charge in [-0.2, -0.15) is 0 Å². The number of likely N-dealkylation sites (N-methyl/N-ethyl adjacent to an activating group) is 1. The van der Waals surface area contributed by atoms with E-state index in [1.165, 1.54) is 4.90 Å². The predicted octanol–water partition coefficient (Wildman–Crippen LogP) is 1.83. The van der Waals surface area contributed by atoms with Gasteiger partial charge in [-0.1, -0.05) is 0 Å². The Morgan fingerprint density at radius 1 is 1.47 bits per heavy atom. The minimum atomic E-state index is -2.08. The molecular formula is C12H16ClNO3. The molecule has 5 heteroatoms. The number of hydrogen-bond donors (Lipinski definition) is 0. The van der Waals surface area contributed by atoms with Gasteiger partial charge < -0.3 is 19.1 Å². The molecule has 0 saturated heterocycles. The molecule has 0 fully saturated rings. The topological polar surface area (TPSA) is 30.9 Å². The van der Waals surface area contributed by atoms with Crippen LogP contribution in [-0.4, -0.2) is 32.3 Å². The van der Waals surface area contributed by atoms with Crippen molar-refractivity contribution in [3.63, 3.8) is 0 Å². The van der Waals surface area contributed by atoms with Gasteiger partial charge in [0, 0.05) is 22.8 Å². The van der Waals surface area contributed by atoms with Crippen LogP contribution >= 0.6 is 12.4 Å². The van der Waals surface area contributed by atoms with Gasteiger partial charge >= 0.3 is 0 Å². The van der Waals surface area contributed by atoms with Gasteiger partial charge in [-0.05, 0) is 25.0 Å². The number of halogens is 1. The molecule has 94 valence electrons. The second-order valence-corrected chi connectivity index (χ2v) is 3.95. The van der Waals surface area contributed by atoms with E-state index >= 15 is 0 Å². The van der Waals surface area contributed by atoms with E-state index in [0.29, 0.717) is 36.8 Å². The number of rotatable bonds is 1. The van der Waals surface area contributed by atoms with E-state index in [-0.39, 0.29) is 19.2 Å². The van der Waals surface area contributed by atoms with Gasteiger partial charge in [0.25, 0.3) is 0 Å². The Morgan fingerprint density at radius 2 is 2.35 bits per heavy atom. The normalized spacial score (nSPS) is 20.6. The highest BCUT2D eigenvalue weighted by Crippen LogP contribution is 2.46. The van der Waals surface area contributed by atoms with Crippen molar-refractivity contribution in [2.75, 3.05) is 27.4 Å². The van der Waals surface area contributed by atoms with Gasteiger partial charge in [-0.25, -0.2) is 0 Å². The maximum absolute atomic E-state index is 7.51. The summed E-state index contributed by atoms with van der Waals surface area (Å²) in [6, 6.07) is 1.93. The molecule has 0 amide bonds. The standard InChI is InChI=1S/C12H15NO3.ClH/c1-13-4-3-8-5-10-12(16-7-15-10)11(14-2)9(8)6-13;/h5H,3-4,6-7H2,1-2H3;1H/i1D3;. The summed E-state index contributed by atoms with van der Waals surface area (Å²) in [7, 11) is 1.56. The van der Waals surface area contributed by atoms with Crippen LogP contribution in [0.3, 0.4) is 0 Å². The first-order valence-electron chi connectivity index (χ1n) is 6.74. The predicted molar refractivity (Wildman–Crippen MR) is 66.4 cm³/mol. The van der Waals surface area contributed by atoms with Crippen LogP contribution in [0.4, 0.5) is 0 Å². The Kier molecular flexibility index (Phi) is 2.42. The van der Waals surface area contributed by atoms with Crippen molar-refractivity contribution in [2.45, 2.75) is 13.0 Å². The third kappa shape index (κ3) is 1.91. The highest BCUT2D eigenvalue weighted by Gasteiger charge is 2.27. The number of benzene rings is 1. The minimum Gasteiger partial charge on any atom is -0.492 e. The zero-order chi connectivity index (χ0) is 13.6. The molecule has 0 atom stereocenters. The molecule has 0 N–H and O–H groups in total. The van der Waals surface area contributed by atoms with Crippen LogP contribution < -0.4 is 14.2 Å². The third-order valence-electron chi connectivity index (χ3n) is 3.02. The molecule has 1 aromatic carbocycles. The van der Waals surface area contributed by atoms with Gasteiger partial charge in [0.05, 0.1) is 7.11 Å². The van der Waals surface area contributed by atoms with Crippen molar-refractivity contribution in [1.82, 2.24) is 4.90 Å². The molecule has 0 unspecified atom stereocenters. The Balaban J connectivity index is 0.00000147. The van der Waals surface area contributed by atoms with Crippen molar-refractivity contribution in [3.8, 4) is 17.2 Å². The number of ether oxygens (including phenoxy) is 3. The van der Waals surface area contributed by atoms with Crippen molar-refractivity contribution in [3.05, 3.63) is 17.2 Å². The lowest BCUT2D eigenvalue weighted by Gasteiger charge is -2.26. The second kappa shape index (κ2) is 4.63. The van der Waals surface area contributed by atoms with Gasteiger partial charge in [0.2, 0.25) is 12.5 Å². The molecule has 0 aliphatic carbocycles. The smallest absolute Gasteiger partial charge is 0.231 e. The summed E-state index contributed by atoms with van der Waals surface area (Å²) in [5, 5.41) is 0. The van der Waals surface area contributed by atoms with Crippen LogP contribution in [0.2, 0.25) is 0 Å². The largest absolute Gasteiger partial charge is 0.492 e. The second-order valence-electron chi connectivity index (χ2n) is 3.95. The van der Waals surface area contributed by atoms with Crippen molar-refractivity contribution >= 4 is 12.4 Å². The molecule has 17 heavy (non-hydrogen) atoms. The fourth-order valence-corrected chi connectivity index (χ4v) is 2.24. The molecule has 2 heterocycles. The lowest BCUT2D eigenvalue weighted by Crippen LogP contribution is -2.26. The first-order valence-corrected chi connectivity index (χ1v) is 5.24. The van der Waals surface area contributed by atoms with Crippen LogP contribution in [0.5, 0.6) is 17.2 Å². The number of hydrogen-bond acceptors (Lipinski definition) is 4. The van der Waals surface area contributed by atoms with Crippen LogP contribution in [-0.2, 0) is 13.0 Å². The Bertz CT molecular complexity index is 522. The monoisotopic (exact) mass is 260 g/mol. The van der Waals surface area contributed by atoms with E-state index in [1.807, 2.05) is 6.07 Å². The summed E-state index contributed by atoms with van der Waals surface area (Å²) < 4.78 is 38.7. The summed E-state index contributed by atoms with van der Waals surface area (Å²) in [6.45, 7) is -1.06. The molecule has 4 nitrogen and oxygen atoms in total. The molecular weight excluding hydrogens is 242 g/mol. The first kappa shape index (κ1) is 8.89. The van der Waals surface area contributed by atoms with E-state index in [0.717, 1.165) is 11.1 Å². The number of nitrogens with zero attached hydrogens (tertiary/aromatic N) is 1. The third-order valence-corrected chi connectivity index (χ3v) is 3.02. The van der Waals surface area contributed by atoms with Gasteiger partial charge in [-0.3, -0.25) is 0 Å². The van der Waals surface area contributed by atoms with E-state index in [9.17, 15) is 0 Å². The summed E-state index contributed by atoms with van der Waals surface area (Å²) >= 11 is 0. The molecule has 2 aliphatic heterocycles. The molecule has 2 aliphatic rings. The molecule has 0 saturated carbocycles. The lowest BCUT2D eigenvalue weighted by molar-refractivity contribution is 0.171. The number of fused-ring (bicyclic) bond motifs is 2. The number of methoxy groups -OCH3 is 1. The van der Waals surface area contributed by atoms with E-state index in [1.54, 1.807) is 7.11 Å². The average Bonchev–Trinajstić information content (AvgIpc) is 2.81. The Morgan fingerprint density at radius 3 is 3.12 bits per heavy atom. The van der Waals surface area contributed by atoms with Crippen molar-refractivity contribution in [2.24, 2.45) is 0 Å². The molecule has 0 bridgehead atoms. The molecule has 1 aromatic rings. The van der Waals surface area contributed by atoms with Crippen LogP contribution in [0, 0.1) is 0 Å². The quantitative estimate of drug-likeness (QED) is 0.771. The van der Waals surface area contributed by atoms with Crippen molar-refractivity contribution in [1.29, 1.82) is 0 Å². The van der Waals surface area contributed by atoms with Crippen LogP contribution in [0.25, 0.3) is 0 Å². The van der Waals surface area contributed by atoms with E-state index in [4.69, 9.17) is 18.3 Å².